The molecule has 0 fully saturated rings. The van der Waals surface area contributed by atoms with Crippen LogP contribution in [0.4, 0.5) is 8.78 Å². The highest BCUT2D eigenvalue weighted by Crippen LogP contribution is 2.28. The molecule has 31 heavy (non-hydrogen) atoms. The second kappa shape index (κ2) is 9.78. The topological polar surface area (TPSA) is 144 Å². The van der Waals surface area contributed by atoms with Crippen molar-refractivity contribution in [3.05, 3.63) is 83.9 Å². The Hall–Kier alpha value is -3.13. The van der Waals surface area contributed by atoms with Crippen molar-refractivity contribution in [3.8, 4) is 5.75 Å². The number of benzene rings is 1. The maximum absolute atomic E-state index is 12.9. The maximum Gasteiger partial charge on any atom is 0.298 e. The monoisotopic (exact) mass is 478 g/mol. The lowest BCUT2D eigenvalue weighted by Crippen LogP contribution is -2.09. The van der Waals surface area contributed by atoms with Crippen LogP contribution in [0, 0.1) is 0 Å². The van der Waals surface area contributed by atoms with E-state index in [1.54, 1.807) is 0 Å². The van der Waals surface area contributed by atoms with Crippen LogP contribution in [-0.2, 0) is 25.0 Å². The molecule has 0 bridgehead atoms. The molecule has 13 heteroatoms. The Morgan fingerprint density at radius 3 is 2.10 bits per heavy atom. The van der Waals surface area contributed by atoms with Crippen molar-refractivity contribution >= 4 is 26.0 Å². The van der Waals surface area contributed by atoms with E-state index in [9.17, 15) is 39.5 Å². The van der Waals surface area contributed by atoms with E-state index < -0.39 is 70.5 Å². The van der Waals surface area contributed by atoms with Crippen molar-refractivity contribution in [2.75, 3.05) is 0 Å². The van der Waals surface area contributed by atoms with Gasteiger partial charge in [-0.3, -0.25) is 13.9 Å². The number of hydrogen-bond acceptors (Lipinski definition) is 7. The van der Waals surface area contributed by atoms with Crippen molar-refractivity contribution in [2.45, 2.75) is 11.8 Å². The summed E-state index contributed by atoms with van der Waals surface area (Å²) in [6, 6.07) is -0.375. The molecule has 0 saturated carbocycles. The summed E-state index contributed by atoms with van der Waals surface area (Å²) in [5.41, 5.74) is -0.941. The van der Waals surface area contributed by atoms with Crippen LogP contribution in [-0.4, -0.2) is 31.7 Å². The normalized spacial score (nSPS) is 13.1. The average molecular weight is 478 g/mol. The summed E-state index contributed by atoms with van der Waals surface area (Å²) >= 11 is 0. The number of hydrogen-bond donors (Lipinski definition) is 2. The molecule has 0 heterocycles. The first-order chi connectivity index (χ1) is 14.1. The Balaban J connectivity index is 3.66. The Morgan fingerprint density at radius 2 is 1.68 bits per heavy atom. The van der Waals surface area contributed by atoms with Gasteiger partial charge in [0.1, 0.15) is 15.6 Å². The van der Waals surface area contributed by atoms with Gasteiger partial charge in [-0.05, 0) is 44.4 Å². The van der Waals surface area contributed by atoms with Gasteiger partial charge in [0.25, 0.3) is 32.3 Å². The predicted molar refractivity (Wildman–Crippen MR) is 105 cm³/mol. The van der Waals surface area contributed by atoms with Crippen molar-refractivity contribution in [1.82, 2.24) is 0 Å². The highest BCUT2D eigenvalue weighted by atomic mass is 32.2. The number of ether oxygens (including phenoxy) is 2. The fraction of sp³-hybridized carbons (Fsp3) is 0.0556. The quantitative estimate of drug-likeness (QED) is 0.169. The van der Waals surface area contributed by atoms with Gasteiger partial charge in [0.15, 0.2) is 11.5 Å². The molecule has 0 amide bonds. The summed E-state index contributed by atoms with van der Waals surface area (Å²) in [6.45, 7) is 9.83. The van der Waals surface area contributed by atoms with Crippen LogP contribution < -0.4 is 4.74 Å². The van der Waals surface area contributed by atoms with Crippen LogP contribution in [0.3, 0.4) is 0 Å². The third-order valence-corrected chi connectivity index (χ3v) is 5.20. The summed E-state index contributed by atoms with van der Waals surface area (Å²) in [6.07, 6.45) is 1.44. The fourth-order valence-electron chi connectivity index (χ4n) is 2.15. The fourth-order valence-corrected chi connectivity index (χ4v) is 3.47. The second-order valence-corrected chi connectivity index (χ2v) is 8.36. The van der Waals surface area contributed by atoms with Crippen LogP contribution in [0.15, 0.2) is 83.2 Å². The third-order valence-electron chi connectivity index (χ3n) is 3.36. The standard InChI is InChI=1S/C18H16F2O9S2/c1-5-13(8-16(30(22,23)24)10(2)28-11(3)19)18(21)14-6-7-15(29-12(4)20)17(9-14)31(25,26)27/h5-9H,1,3-4H2,2H3,(H,22,23,24)(H,25,26,27). The van der Waals surface area contributed by atoms with Crippen LogP contribution in [0.5, 0.6) is 5.75 Å². The van der Waals surface area contributed by atoms with E-state index in [-0.39, 0.29) is 0 Å². The zero-order valence-corrected chi connectivity index (χ0v) is 17.5. The molecule has 1 rings (SSSR count). The molecular formula is C18H16F2O9S2. The molecule has 0 aromatic heterocycles. The highest BCUT2D eigenvalue weighted by Gasteiger charge is 2.23. The molecule has 0 atom stereocenters. The first-order valence-electron chi connectivity index (χ1n) is 7.81. The van der Waals surface area contributed by atoms with Gasteiger partial charge in [-0.25, -0.2) is 0 Å². The second-order valence-electron chi connectivity index (χ2n) is 5.58. The number of ketones is 1. The lowest BCUT2D eigenvalue weighted by atomic mass is 10.0. The van der Waals surface area contributed by atoms with Gasteiger partial charge in [-0.2, -0.15) is 25.6 Å². The number of carbonyl (C=O) groups excluding carboxylic acids is 1. The van der Waals surface area contributed by atoms with E-state index in [1.165, 1.54) is 0 Å². The molecule has 168 valence electrons. The summed E-state index contributed by atoms with van der Waals surface area (Å²) in [5, 5.41) is 0. The Kier molecular flexibility index (Phi) is 8.18. The Morgan fingerprint density at radius 1 is 1.10 bits per heavy atom. The lowest BCUT2D eigenvalue weighted by molar-refractivity contribution is 0.103. The van der Waals surface area contributed by atoms with Gasteiger partial charge in [-0.15, -0.1) is 0 Å². The molecule has 1 aromatic rings. The minimum Gasteiger partial charge on any atom is -0.435 e. The molecular weight excluding hydrogens is 462 g/mol. The molecule has 0 radical (unpaired) electrons. The Labute approximate surface area is 176 Å². The van der Waals surface area contributed by atoms with Crippen molar-refractivity contribution < 1.29 is 49.0 Å². The molecule has 0 aliphatic heterocycles. The summed E-state index contributed by atoms with van der Waals surface area (Å²) in [7, 11) is -10.0. The molecule has 2 N–H and O–H groups in total. The van der Waals surface area contributed by atoms with E-state index in [4.69, 9.17) is 0 Å². The third kappa shape index (κ3) is 7.25. The predicted octanol–water partition coefficient (Wildman–Crippen LogP) is 3.62. The molecule has 0 aliphatic carbocycles. The summed E-state index contributed by atoms with van der Waals surface area (Å²) in [5.74, 6) is -2.40. The van der Waals surface area contributed by atoms with E-state index in [1.807, 2.05) is 0 Å². The number of allylic oxidation sites excluding steroid dienone is 4. The summed E-state index contributed by atoms with van der Waals surface area (Å²) < 4.78 is 99.6. The maximum atomic E-state index is 12.9. The first-order valence-corrected chi connectivity index (χ1v) is 10.7. The smallest absolute Gasteiger partial charge is 0.298 e. The largest absolute Gasteiger partial charge is 0.435 e. The van der Waals surface area contributed by atoms with Gasteiger partial charge < -0.3 is 9.47 Å². The van der Waals surface area contributed by atoms with E-state index in [0.29, 0.717) is 12.1 Å². The highest BCUT2D eigenvalue weighted by molar-refractivity contribution is 7.90. The number of carbonyl (C=O) groups is 1. The van der Waals surface area contributed by atoms with E-state index in [2.05, 4.69) is 29.2 Å². The van der Waals surface area contributed by atoms with Crippen molar-refractivity contribution in [3.63, 3.8) is 0 Å². The van der Waals surface area contributed by atoms with Crippen molar-refractivity contribution in [1.29, 1.82) is 0 Å². The van der Waals surface area contributed by atoms with Crippen LogP contribution >= 0.6 is 0 Å². The van der Waals surface area contributed by atoms with E-state index >= 15 is 0 Å². The van der Waals surface area contributed by atoms with Gasteiger partial charge in [0, 0.05) is 11.1 Å². The molecule has 0 unspecified atom stereocenters. The van der Waals surface area contributed by atoms with Gasteiger partial charge in [0.2, 0.25) is 0 Å². The van der Waals surface area contributed by atoms with E-state index in [0.717, 1.165) is 25.1 Å². The van der Waals surface area contributed by atoms with Crippen molar-refractivity contribution in [2.24, 2.45) is 0 Å². The molecule has 0 saturated heterocycles. The minimum absolute atomic E-state index is 0.432. The van der Waals surface area contributed by atoms with Crippen LogP contribution in [0.1, 0.15) is 17.3 Å². The van der Waals surface area contributed by atoms with Gasteiger partial charge in [0.05, 0.1) is 0 Å². The van der Waals surface area contributed by atoms with Crippen LogP contribution in [0.25, 0.3) is 0 Å². The zero-order chi connectivity index (χ0) is 24.1. The van der Waals surface area contributed by atoms with Gasteiger partial charge >= 0.3 is 0 Å². The molecule has 0 spiro atoms. The number of halogens is 2. The average Bonchev–Trinajstić information content (AvgIpc) is 2.59. The molecule has 0 aliphatic rings. The number of Topliss-reactive ketones (excluding diaryl/α,β-unsaturated/α-hetero) is 1. The SMILES string of the molecule is C=CC(=CC(=C(C)OC(=C)F)S(=O)(=O)O)C(=O)c1ccc(OC(=C)F)c(S(=O)(=O)O)c1. The summed E-state index contributed by atoms with van der Waals surface area (Å²) in [4.78, 5) is 10.7. The minimum atomic E-state index is -5.02. The van der Waals surface area contributed by atoms with Gasteiger partial charge in [-0.1, -0.05) is 12.7 Å². The molecule has 9 nitrogen and oxygen atoms in total. The molecule has 1 aromatic carbocycles. The zero-order valence-electron chi connectivity index (χ0n) is 15.8. The Bertz CT molecular complexity index is 1220. The first kappa shape index (κ1) is 25.9. The van der Waals surface area contributed by atoms with Crippen LogP contribution in [0.2, 0.25) is 0 Å². The lowest BCUT2D eigenvalue weighted by Gasteiger charge is -2.10. The number of rotatable bonds is 10.